The predicted octanol–water partition coefficient (Wildman–Crippen LogP) is 3.66. The van der Waals surface area contributed by atoms with Crippen molar-refractivity contribution in [3.63, 3.8) is 0 Å². The van der Waals surface area contributed by atoms with Crippen molar-refractivity contribution in [2.24, 2.45) is 0 Å². The Hall–Kier alpha value is -2.66. The van der Waals surface area contributed by atoms with Crippen LogP contribution in [0.3, 0.4) is 0 Å². The fourth-order valence-electron chi connectivity index (χ4n) is 1.95. The maximum atomic E-state index is 13.4. The Balaban J connectivity index is 1.77. The van der Waals surface area contributed by atoms with Crippen LogP contribution in [0.2, 0.25) is 5.02 Å². The van der Waals surface area contributed by atoms with Crippen LogP contribution in [0.25, 0.3) is 6.08 Å². The minimum atomic E-state index is -0.655. The molecule has 0 saturated heterocycles. The van der Waals surface area contributed by atoms with E-state index in [4.69, 9.17) is 16.3 Å². The summed E-state index contributed by atoms with van der Waals surface area (Å²) in [7, 11) is 0. The maximum Gasteiger partial charge on any atom is 0.331 e. The number of esters is 1. The van der Waals surface area contributed by atoms with E-state index in [0.717, 1.165) is 11.1 Å². The Bertz CT molecular complexity index is 805. The van der Waals surface area contributed by atoms with Crippen LogP contribution in [0.4, 0.5) is 4.39 Å². The van der Waals surface area contributed by atoms with Gasteiger partial charge in [0.1, 0.15) is 5.82 Å². The Kier molecular flexibility index (Phi) is 6.71. The first-order valence-electron chi connectivity index (χ1n) is 7.57. The second kappa shape index (κ2) is 8.99. The predicted molar refractivity (Wildman–Crippen MR) is 94.4 cm³/mol. The SMILES string of the molecule is Cc1ccc(/C=C/C(=O)OCC(=O)NCc2ccccc2F)cc1Cl. The molecular formula is C19H17ClFNO3. The highest BCUT2D eigenvalue weighted by Gasteiger charge is 2.07. The molecule has 0 fully saturated rings. The van der Waals surface area contributed by atoms with Crippen LogP contribution >= 0.6 is 11.6 Å². The molecule has 2 aromatic rings. The third-order valence-corrected chi connectivity index (χ3v) is 3.79. The highest BCUT2D eigenvalue weighted by Crippen LogP contribution is 2.17. The smallest absolute Gasteiger partial charge is 0.331 e. The molecule has 6 heteroatoms. The van der Waals surface area contributed by atoms with E-state index in [1.165, 1.54) is 12.1 Å². The number of hydrogen-bond acceptors (Lipinski definition) is 3. The molecule has 0 saturated carbocycles. The van der Waals surface area contributed by atoms with Crippen molar-refractivity contribution in [2.75, 3.05) is 6.61 Å². The lowest BCUT2D eigenvalue weighted by Gasteiger charge is -2.06. The molecular weight excluding hydrogens is 345 g/mol. The number of rotatable bonds is 6. The molecule has 0 aromatic heterocycles. The number of amides is 1. The van der Waals surface area contributed by atoms with Gasteiger partial charge in [-0.25, -0.2) is 9.18 Å². The minimum Gasteiger partial charge on any atom is -0.452 e. The van der Waals surface area contributed by atoms with Gasteiger partial charge < -0.3 is 10.1 Å². The zero-order valence-corrected chi connectivity index (χ0v) is 14.3. The Morgan fingerprint density at radius 3 is 2.72 bits per heavy atom. The van der Waals surface area contributed by atoms with E-state index in [9.17, 15) is 14.0 Å². The molecule has 2 aromatic carbocycles. The monoisotopic (exact) mass is 361 g/mol. The average Bonchev–Trinajstić information content (AvgIpc) is 2.60. The average molecular weight is 362 g/mol. The molecule has 0 spiro atoms. The van der Waals surface area contributed by atoms with Gasteiger partial charge in [-0.15, -0.1) is 0 Å². The maximum absolute atomic E-state index is 13.4. The Morgan fingerprint density at radius 2 is 2.00 bits per heavy atom. The molecule has 0 atom stereocenters. The number of nitrogens with one attached hydrogen (secondary N) is 1. The standard InChI is InChI=1S/C19H17ClFNO3/c1-13-6-7-14(10-16(13)20)8-9-19(24)25-12-18(23)22-11-15-4-2-3-5-17(15)21/h2-10H,11-12H2,1H3,(H,22,23)/b9-8+. The van der Waals surface area contributed by atoms with Crippen LogP contribution < -0.4 is 5.32 Å². The topological polar surface area (TPSA) is 55.4 Å². The molecule has 0 aliphatic rings. The molecule has 4 nitrogen and oxygen atoms in total. The van der Waals surface area contributed by atoms with E-state index in [1.807, 2.05) is 19.1 Å². The molecule has 0 heterocycles. The largest absolute Gasteiger partial charge is 0.452 e. The highest BCUT2D eigenvalue weighted by atomic mass is 35.5. The van der Waals surface area contributed by atoms with E-state index < -0.39 is 24.3 Å². The fraction of sp³-hybridized carbons (Fsp3) is 0.158. The first-order valence-corrected chi connectivity index (χ1v) is 7.94. The molecule has 0 bridgehead atoms. The fourth-order valence-corrected chi connectivity index (χ4v) is 2.14. The summed E-state index contributed by atoms with van der Waals surface area (Å²) in [6.07, 6.45) is 2.76. The lowest BCUT2D eigenvalue weighted by atomic mass is 10.1. The molecule has 0 radical (unpaired) electrons. The number of hydrogen-bond donors (Lipinski definition) is 1. The molecule has 0 aliphatic carbocycles. The number of benzene rings is 2. The van der Waals surface area contributed by atoms with Gasteiger partial charge in [-0.2, -0.15) is 0 Å². The van der Waals surface area contributed by atoms with Crippen LogP contribution in [-0.4, -0.2) is 18.5 Å². The van der Waals surface area contributed by atoms with Gasteiger partial charge in [0.2, 0.25) is 0 Å². The van der Waals surface area contributed by atoms with Crippen LogP contribution in [0.1, 0.15) is 16.7 Å². The summed E-state index contributed by atoms with van der Waals surface area (Å²) >= 11 is 6.00. The highest BCUT2D eigenvalue weighted by molar-refractivity contribution is 6.31. The second-order valence-corrected chi connectivity index (χ2v) is 5.73. The van der Waals surface area contributed by atoms with Crippen LogP contribution in [-0.2, 0) is 20.9 Å². The van der Waals surface area contributed by atoms with Crippen molar-refractivity contribution in [1.82, 2.24) is 5.32 Å². The summed E-state index contributed by atoms with van der Waals surface area (Å²) < 4.78 is 18.2. The minimum absolute atomic E-state index is 0.0285. The lowest BCUT2D eigenvalue weighted by Crippen LogP contribution is -2.28. The zero-order valence-electron chi connectivity index (χ0n) is 13.6. The number of halogens is 2. The van der Waals surface area contributed by atoms with Crippen LogP contribution in [0, 0.1) is 12.7 Å². The van der Waals surface area contributed by atoms with Crippen molar-refractivity contribution in [3.05, 3.63) is 76.1 Å². The Labute approximate surface area is 150 Å². The van der Waals surface area contributed by atoms with E-state index >= 15 is 0 Å². The second-order valence-electron chi connectivity index (χ2n) is 5.32. The summed E-state index contributed by atoms with van der Waals surface area (Å²) in [6, 6.07) is 11.5. The molecule has 0 aliphatic heterocycles. The first-order chi connectivity index (χ1) is 12.0. The van der Waals surface area contributed by atoms with E-state index in [2.05, 4.69) is 5.32 Å². The van der Waals surface area contributed by atoms with Gasteiger partial charge in [0.05, 0.1) is 0 Å². The molecule has 1 amide bonds. The van der Waals surface area contributed by atoms with Gasteiger partial charge in [-0.1, -0.05) is 41.9 Å². The van der Waals surface area contributed by atoms with Gasteiger partial charge in [-0.3, -0.25) is 4.79 Å². The number of ether oxygens (including phenoxy) is 1. The van der Waals surface area contributed by atoms with Crippen molar-refractivity contribution in [1.29, 1.82) is 0 Å². The van der Waals surface area contributed by atoms with Gasteiger partial charge in [0.25, 0.3) is 5.91 Å². The molecule has 130 valence electrons. The van der Waals surface area contributed by atoms with Gasteiger partial charge >= 0.3 is 5.97 Å². The van der Waals surface area contributed by atoms with E-state index in [1.54, 1.807) is 30.3 Å². The third kappa shape index (κ3) is 6.04. The van der Waals surface area contributed by atoms with E-state index in [0.29, 0.717) is 10.6 Å². The number of carbonyl (C=O) groups excluding carboxylic acids is 2. The quantitative estimate of drug-likeness (QED) is 0.631. The summed E-state index contributed by atoms with van der Waals surface area (Å²) in [5, 5.41) is 3.08. The normalized spacial score (nSPS) is 10.7. The summed E-state index contributed by atoms with van der Waals surface area (Å²) in [5.41, 5.74) is 2.04. The van der Waals surface area contributed by atoms with Crippen molar-refractivity contribution in [2.45, 2.75) is 13.5 Å². The van der Waals surface area contributed by atoms with Crippen LogP contribution in [0.15, 0.2) is 48.5 Å². The van der Waals surface area contributed by atoms with Gasteiger partial charge in [0.15, 0.2) is 6.61 Å². The van der Waals surface area contributed by atoms with Gasteiger partial charge in [-0.05, 0) is 36.3 Å². The first kappa shape index (κ1) is 18.7. The number of aryl methyl sites for hydroxylation is 1. The lowest BCUT2D eigenvalue weighted by molar-refractivity contribution is -0.143. The molecule has 0 unspecified atom stereocenters. The molecule has 1 N–H and O–H groups in total. The van der Waals surface area contributed by atoms with Crippen LogP contribution in [0.5, 0.6) is 0 Å². The molecule has 25 heavy (non-hydrogen) atoms. The van der Waals surface area contributed by atoms with Crippen molar-refractivity contribution < 1.29 is 18.7 Å². The van der Waals surface area contributed by atoms with Crippen molar-refractivity contribution in [3.8, 4) is 0 Å². The van der Waals surface area contributed by atoms with Crippen molar-refractivity contribution >= 4 is 29.6 Å². The molecule has 2 rings (SSSR count). The summed E-state index contributed by atoms with van der Waals surface area (Å²) in [6.45, 7) is 1.47. The van der Waals surface area contributed by atoms with Gasteiger partial charge in [0, 0.05) is 23.2 Å². The summed E-state index contributed by atoms with van der Waals surface area (Å²) in [5.74, 6) is -1.57. The number of carbonyl (C=O) groups is 2. The Morgan fingerprint density at radius 1 is 1.24 bits per heavy atom. The third-order valence-electron chi connectivity index (χ3n) is 3.39. The van der Waals surface area contributed by atoms with E-state index in [-0.39, 0.29) is 6.54 Å². The zero-order chi connectivity index (χ0) is 18.2. The summed E-state index contributed by atoms with van der Waals surface area (Å²) in [4.78, 5) is 23.3.